The lowest BCUT2D eigenvalue weighted by Gasteiger charge is -2.34. The van der Waals surface area contributed by atoms with Gasteiger partial charge in [0.1, 0.15) is 6.61 Å². The Balaban J connectivity index is 1.58. The van der Waals surface area contributed by atoms with Gasteiger partial charge in [-0.2, -0.15) is 0 Å². The number of benzene rings is 1. The van der Waals surface area contributed by atoms with Crippen molar-refractivity contribution in [3.63, 3.8) is 0 Å². The van der Waals surface area contributed by atoms with Crippen LogP contribution >= 0.6 is 0 Å². The van der Waals surface area contributed by atoms with E-state index in [2.05, 4.69) is 4.98 Å². The number of pyridine rings is 1. The fourth-order valence-electron chi connectivity index (χ4n) is 2.90. The van der Waals surface area contributed by atoms with Gasteiger partial charge in [0, 0.05) is 37.9 Å². The molecule has 1 aromatic heterocycles. The lowest BCUT2D eigenvalue weighted by Crippen LogP contribution is -2.49. The third-order valence-electron chi connectivity index (χ3n) is 4.33. The maximum Gasteiger partial charge on any atom is 0.410 e. The first-order valence-corrected chi connectivity index (χ1v) is 8.37. The summed E-state index contributed by atoms with van der Waals surface area (Å²) >= 11 is 0. The number of anilines is 1. The molecule has 1 aromatic carbocycles. The largest absolute Gasteiger partial charge is 0.445 e. The molecule has 1 fully saturated rings. The van der Waals surface area contributed by atoms with Crippen LogP contribution in [0.5, 0.6) is 0 Å². The number of rotatable bonds is 4. The average molecular weight is 356 g/mol. The number of amides is 1. The van der Waals surface area contributed by atoms with Crippen LogP contribution in [-0.2, 0) is 11.3 Å². The Labute approximate surface area is 151 Å². The number of hydrogen-bond acceptors (Lipinski definition) is 6. The lowest BCUT2D eigenvalue weighted by molar-refractivity contribution is -0.384. The first kappa shape index (κ1) is 17.7. The summed E-state index contributed by atoms with van der Waals surface area (Å²) in [6, 6.07) is 11.1. The summed E-state index contributed by atoms with van der Waals surface area (Å²) in [5.41, 5.74) is 1.52. The standard InChI is InChI=1S/C18H20N4O4/c1-14-7-8-19-17(16(14)22(24)25)20-9-11-21(12-10-20)18(23)26-13-15-5-3-2-4-6-15/h2-8H,9-13H2,1H3. The SMILES string of the molecule is Cc1ccnc(N2CCN(C(=O)OCc3ccccc3)CC2)c1[N+](=O)[O-]. The maximum atomic E-state index is 12.2. The number of nitro groups is 1. The van der Waals surface area contributed by atoms with Gasteiger partial charge in [-0.1, -0.05) is 30.3 Å². The summed E-state index contributed by atoms with van der Waals surface area (Å²) in [6.07, 6.45) is 1.19. The topological polar surface area (TPSA) is 88.8 Å². The second-order valence-electron chi connectivity index (χ2n) is 6.07. The molecule has 0 spiro atoms. The van der Waals surface area contributed by atoms with E-state index in [1.807, 2.05) is 35.2 Å². The summed E-state index contributed by atoms with van der Waals surface area (Å²) in [6.45, 7) is 3.72. The Morgan fingerprint density at radius 3 is 2.54 bits per heavy atom. The third-order valence-corrected chi connectivity index (χ3v) is 4.33. The number of carbonyl (C=O) groups excluding carboxylic acids is 1. The minimum Gasteiger partial charge on any atom is -0.445 e. The van der Waals surface area contributed by atoms with Crippen molar-refractivity contribution in [1.82, 2.24) is 9.88 Å². The monoisotopic (exact) mass is 356 g/mol. The van der Waals surface area contributed by atoms with Gasteiger partial charge in [0.15, 0.2) is 0 Å². The highest BCUT2D eigenvalue weighted by Gasteiger charge is 2.28. The Kier molecular flexibility index (Phi) is 5.31. The summed E-state index contributed by atoms with van der Waals surface area (Å²) in [5.74, 6) is 0.354. The van der Waals surface area contributed by atoms with Crippen LogP contribution in [0.3, 0.4) is 0 Å². The van der Waals surface area contributed by atoms with E-state index in [1.54, 1.807) is 24.1 Å². The van der Waals surface area contributed by atoms with Crippen LogP contribution in [-0.4, -0.2) is 47.1 Å². The van der Waals surface area contributed by atoms with Crippen LogP contribution in [0.4, 0.5) is 16.3 Å². The number of carbonyl (C=O) groups is 1. The van der Waals surface area contributed by atoms with Gasteiger partial charge in [0.2, 0.25) is 5.82 Å². The van der Waals surface area contributed by atoms with Gasteiger partial charge in [0.25, 0.3) is 0 Å². The van der Waals surface area contributed by atoms with E-state index in [9.17, 15) is 14.9 Å². The molecule has 8 heteroatoms. The summed E-state index contributed by atoms with van der Waals surface area (Å²) in [7, 11) is 0. The molecule has 1 amide bonds. The van der Waals surface area contributed by atoms with Crippen molar-refractivity contribution in [2.24, 2.45) is 0 Å². The molecule has 0 N–H and O–H groups in total. The highest BCUT2D eigenvalue weighted by Crippen LogP contribution is 2.29. The first-order valence-electron chi connectivity index (χ1n) is 8.37. The van der Waals surface area contributed by atoms with Crippen LogP contribution in [0, 0.1) is 17.0 Å². The van der Waals surface area contributed by atoms with Crippen molar-refractivity contribution in [3.8, 4) is 0 Å². The second-order valence-corrected chi connectivity index (χ2v) is 6.07. The molecule has 0 atom stereocenters. The number of aromatic nitrogens is 1. The minimum absolute atomic E-state index is 0.0209. The second kappa shape index (κ2) is 7.81. The first-order chi connectivity index (χ1) is 12.6. The molecular weight excluding hydrogens is 336 g/mol. The smallest absolute Gasteiger partial charge is 0.410 e. The van der Waals surface area contributed by atoms with Crippen molar-refractivity contribution in [1.29, 1.82) is 0 Å². The molecular formula is C18H20N4O4. The number of ether oxygens (including phenoxy) is 1. The minimum atomic E-state index is -0.405. The van der Waals surface area contributed by atoms with Crippen molar-refractivity contribution in [2.45, 2.75) is 13.5 Å². The zero-order valence-electron chi connectivity index (χ0n) is 14.5. The van der Waals surface area contributed by atoms with Crippen LogP contribution in [0.25, 0.3) is 0 Å². The molecule has 0 saturated carbocycles. The van der Waals surface area contributed by atoms with E-state index in [0.29, 0.717) is 37.6 Å². The fourth-order valence-corrected chi connectivity index (χ4v) is 2.90. The number of piperazine rings is 1. The maximum absolute atomic E-state index is 12.2. The van der Waals surface area contributed by atoms with Crippen LogP contribution < -0.4 is 4.90 Å². The Bertz CT molecular complexity index is 789. The predicted molar refractivity (Wildman–Crippen MR) is 96.0 cm³/mol. The number of aryl methyl sites for hydroxylation is 1. The van der Waals surface area contributed by atoms with Crippen molar-refractivity contribution >= 4 is 17.6 Å². The Hall–Kier alpha value is -3.16. The highest BCUT2D eigenvalue weighted by molar-refractivity contribution is 5.68. The van der Waals surface area contributed by atoms with Gasteiger partial charge >= 0.3 is 11.8 Å². The van der Waals surface area contributed by atoms with Crippen LogP contribution in [0.1, 0.15) is 11.1 Å². The molecule has 2 heterocycles. The van der Waals surface area contributed by atoms with E-state index < -0.39 is 4.92 Å². The van der Waals surface area contributed by atoms with E-state index >= 15 is 0 Å². The van der Waals surface area contributed by atoms with Gasteiger partial charge in [0.05, 0.1) is 4.92 Å². The molecule has 1 aliphatic heterocycles. The van der Waals surface area contributed by atoms with E-state index in [4.69, 9.17) is 4.74 Å². The Morgan fingerprint density at radius 2 is 1.88 bits per heavy atom. The van der Waals surface area contributed by atoms with Gasteiger partial charge in [-0.3, -0.25) is 10.1 Å². The van der Waals surface area contributed by atoms with E-state index in [1.165, 1.54) is 0 Å². The summed E-state index contributed by atoms with van der Waals surface area (Å²) < 4.78 is 5.33. The summed E-state index contributed by atoms with van der Waals surface area (Å²) in [5, 5.41) is 11.3. The molecule has 0 radical (unpaired) electrons. The molecule has 0 bridgehead atoms. The normalized spacial score (nSPS) is 14.2. The lowest BCUT2D eigenvalue weighted by atomic mass is 10.2. The zero-order chi connectivity index (χ0) is 18.5. The molecule has 0 unspecified atom stereocenters. The number of hydrogen-bond donors (Lipinski definition) is 0. The van der Waals surface area contributed by atoms with E-state index in [-0.39, 0.29) is 18.4 Å². The molecule has 2 aromatic rings. The summed E-state index contributed by atoms with van der Waals surface area (Å²) in [4.78, 5) is 30.8. The molecule has 136 valence electrons. The Morgan fingerprint density at radius 1 is 1.19 bits per heavy atom. The van der Waals surface area contributed by atoms with Crippen LogP contribution in [0.2, 0.25) is 0 Å². The average Bonchev–Trinajstić information content (AvgIpc) is 2.66. The molecule has 26 heavy (non-hydrogen) atoms. The van der Waals surface area contributed by atoms with Crippen LogP contribution in [0.15, 0.2) is 42.6 Å². The number of nitrogens with zero attached hydrogens (tertiary/aromatic N) is 4. The quantitative estimate of drug-likeness (QED) is 0.618. The third kappa shape index (κ3) is 3.90. The van der Waals surface area contributed by atoms with Crippen molar-refractivity contribution in [3.05, 3.63) is 63.8 Å². The molecule has 3 rings (SSSR count). The van der Waals surface area contributed by atoms with Gasteiger partial charge in [-0.25, -0.2) is 9.78 Å². The predicted octanol–water partition coefficient (Wildman–Crippen LogP) is 2.76. The zero-order valence-corrected chi connectivity index (χ0v) is 14.5. The molecule has 1 aliphatic rings. The van der Waals surface area contributed by atoms with Crippen molar-refractivity contribution in [2.75, 3.05) is 31.1 Å². The fraction of sp³-hybridized carbons (Fsp3) is 0.333. The van der Waals surface area contributed by atoms with E-state index in [0.717, 1.165) is 5.56 Å². The molecule has 0 aliphatic carbocycles. The van der Waals surface area contributed by atoms with Gasteiger partial charge < -0.3 is 14.5 Å². The molecule has 8 nitrogen and oxygen atoms in total. The highest BCUT2D eigenvalue weighted by atomic mass is 16.6. The van der Waals surface area contributed by atoms with Gasteiger partial charge in [-0.15, -0.1) is 0 Å². The van der Waals surface area contributed by atoms with Crippen molar-refractivity contribution < 1.29 is 14.5 Å². The van der Waals surface area contributed by atoms with Gasteiger partial charge in [-0.05, 0) is 18.6 Å². The molecule has 1 saturated heterocycles.